The van der Waals surface area contributed by atoms with E-state index in [0.717, 1.165) is 5.56 Å². The Morgan fingerprint density at radius 2 is 2.00 bits per heavy atom. The Labute approximate surface area is 148 Å². The lowest BCUT2D eigenvalue weighted by Crippen LogP contribution is -2.50. The number of hydrogen-bond donors (Lipinski definition) is 2. The first-order valence-electron chi connectivity index (χ1n) is 8.64. The summed E-state index contributed by atoms with van der Waals surface area (Å²) in [6.07, 6.45) is 1.02. The lowest BCUT2D eigenvalue weighted by Gasteiger charge is -2.23. The quantitative estimate of drug-likeness (QED) is 0.725. The molecular weight excluding hydrogens is 342 g/mol. The minimum atomic E-state index is -3.15. The predicted molar refractivity (Wildman–Crippen MR) is 94.3 cm³/mol. The highest BCUT2D eigenvalue weighted by atomic mass is 32.2. The van der Waals surface area contributed by atoms with Gasteiger partial charge in [-0.3, -0.25) is 9.69 Å². The number of benzene rings is 1. The summed E-state index contributed by atoms with van der Waals surface area (Å²) in [5.41, 5.74) is -0.259. The fraction of sp³-hybridized carbons (Fsp3) is 0.588. The van der Waals surface area contributed by atoms with Gasteiger partial charge in [-0.2, -0.15) is 0 Å². The van der Waals surface area contributed by atoms with E-state index >= 15 is 0 Å². The van der Waals surface area contributed by atoms with Crippen LogP contribution >= 0.6 is 0 Å². The van der Waals surface area contributed by atoms with Crippen LogP contribution < -0.4 is 5.32 Å². The Balaban J connectivity index is 1.47. The zero-order valence-electron chi connectivity index (χ0n) is 14.2. The maximum Gasteiger partial charge on any atom is 0.253 e. The van der Waals surface area contributed by atoms with Crippen molar-refractivity contribution in [2.24, 2.45) is 0 Å². The molecule has 2 aliphatic rings. The molecule has 1 aromatic rings. The number of likely N-dealkylation sites (tertiary alicyclic amines) is 1. The van der Waals surface area contributed by atoms with Crippen molar-refractivity contribution >= 4 is 15.9 Å². The summed E-state index contributed by atoms with van der Waals surface area (Å²) in [5.74, 6) is -0.237. The van der Waals surface area contributed by atoms with Crippen molar-refractivity contribution in [2.45, 2.75) is 25.0 Å². The van der Waals surface area contributed by atoms with Gasteiger partial charge in [0.2, 0.25) is 10.0 Å². The van der Waals surface area contributed by atoms with Crippen LogP contribution in [0.1, 0.15) is 18.4 Å². The second kappa shape index (κ2) is 7.41. The Bertz CT molecular complexity index is 710. The Morgan fingerprint density at radius 1 is 1.24 bits per heavy atom. The van der Waals surface area contributed by atoms with Gasteiger partial charge in [0.05, 0.1) is 5.75 Å². The Morgan fingerprint density at radius 3 is 2.68 bits per heavy atom. The van der Waals surface area contributed by atoms with Crippen LogP contribution in [0.25, 0.3) is 0 Å². The number of carbonyl (C=O) groups excluding carboxylic acids is 1. The summed E-state index contributed by atoms with van der Waals surface area (Å²) in [5, 5.41) is 13.3. The van der Waals surface area contributed by atoms with Crippen LogP contribution in [-0.2, 0) is 21.4 Å². The van der Waals surface area contributed by atoms with Gasteiger partial charge in [-0.05, 0) is 18.4 Å². The van der Waals surface area contributed by atoms with E-state index in [1.54, 1.807) is 0 Å². The standard InChI is InChI=1S/C17H25N3O4S/c21-16(18-8-11-20-9-4-12-25(20,23)24)17(22)7-10-19(14-17)13-15-5-2-1-3-6-15/h1-3,5-6,22H,4,7-14H2,(H,18,21). The molecule has 8 heteroatoms. The second-order valence-electron chi connectivity index (χ2n) is 6.80. The largest absolute Gasteiger partial charge is 0.379 e. The fourth-order valence-corrected chi connectivity index (χ4v) is 4.96. The number of rotatable bonds is 6. The molecule has 1 atom stereocenters. The van der Waals surface area contributed by atoms with Gasteiger partial charge < -0.3 is 10.4 Å². The molecule has 1 amide bonds. The van der Waals surface area contributed by atoms with Crippen LogP contribution in [-0.4, -0.2) is 72.7 Å². The fourth-order valence-electron chi connectivity index (χ4n) is 3.43. The van der Waals surface area contributed by atoms with Gasteiger partial charge in [0.1, 0.15) is 0 Å². The monoisotopic (exact) mass is 367 g/mol. The molecule has 0 bridgehead atoms. The summed E-state index contributed by atoms with van der Waals surface area (Å²) < 4.78 is 24.9. The summed E-state index contributed by atoms with van der Waals surface area (Å²) in [6.45, 7) is 2.63. The van der Waals surface area contributed by atoms with E-state index in [0.29, 0.717) is 32.5 Å². The molecule has 7 nitrogen and oxygen atoms in total. The van der Waals surface area contributed by atoms with Crippen molar-refractivity contribution in [3.63, 3.8) is 0 Å². The first kappa shape index (κ1) is 18.3. The topological polar surface area (TPSA) is 90.0 Å². The minimum absolute atomic E-state index is 0.180. The highest BCUT2D eigenvalue weighted by molar-refractivity contribution is 7.89. The summed E-state index contributed by atoms with van der Waals surface area (Å²) in [6, 6.07) is 9.94. The molecule has 0 spiro atoms. The SMILES string of the molecule is O=C(NCCN1CCCS1(=O)=O)C1(O)CCN(Cc2ccccc2)C1. The molecule has 0 radical (unpaired) electrons. The van der Waals surface area contributed by atoms with Crippen LogP contribution in [0.3, 0.4) is 0 Å². The van der Waals surface area contributed by atoms with Crippen molar-refractivity contribution in [3.05, 3.63) is 35.9 Å². The molecule has 1 unspecified atom stereocenters. The molecule has 3 rings (SSSR count). The zero-order chi connectivity index (χ0) is 17.9. The lowest BCUT2D eigenvalue weighted by molar-refractivity contribution is -0.138. The highest BCUT2D eigenvalue weighted by Gasteiger charge is 2.42. The molecule has 1 aromatic carbocycles. The molecule has 2 N–H and O–H groups in total. The number of sulfonamides is 1. The molecule has 0 saturated carbocycles. The van der Waals surface area contributed by atoms with Crippen LogP contribution in [0.15, 0.2) is 30.3 Å². The first-order chi connectivity index (χ1) is 11.9. The Hall–Kier alpha value is -1.48. The van der Waals surface area contributed by atoms with Gasteiger partial charge in [0, 0.05) is 39.3 Å². The van der Waals surface area contributed by atoms with Crippen molar-refractivity contribution < 1.29 is 18.3 Å². The molecule has 25 heavy (non-hydrogen) atoms. The predicted octanol–water partition coefficient (Wildman–Crippen LogP) is -0.225. The molecule has 0 aromatic heterocycles. The van der Waals surface area contributed by atoms with E-state index in [4.69, 9.17) is 0 Å². The maximum atomic E-state index is 12.3. The molecule has 2 aliphatic heterocycles. The van der Waals surface area contributed by atoms with E-state index in [1.165, 1.54) is 4.31 Å². The summed E-state index contributed by atoms with van der Waals surface area (Å²) in [7, 11) is -3.15. The van der Waals surface area contributed by atoms with Gasteiger partial charge >= 0.3 is 0 Å². The van der Waals surface area contributed by atoms with E-state index in [9.17, 15) is 18.3 Å². The van der Waals surface area contributed by atoms with Gasteiger partial charge in [-0.25, -0.2) is 12.7 Å². The van der Waals surface area contributed by atoms with Crippen molar-refractivity contribution in [2.75, 3.05) is 38.5 Å². The normalized spacial score (nSPS) is 26.8. The first-order valence-corrected chi connectivity index (χ1v) is 10.2. The molecular formula is C17H25N3O4S. The number of aliphatic hydroxyl groups is 1. The van der Waals surface area contributed by atoms with E-state index in [1.807, 2.05) is 30.3 Å². The van der Waals surface area contributed by atoms with Crippen LogP contribution in [0.4, 0.5) is 0 Å². The third-order valence-electron chi connectivity index (χ3n) is 4.85. The molecule has 2 heterocycles. The van der Waals surface area contributed by atoms with Gasteiger partial charge in [0.25, 0.3) is 5.91 Å². The Kier molecular flexibility index (Phi) is 5.43. The van der Waals surface area contributed by atoms with E-state index < -0.39 is 21.5 Å². The number of hydrogen-bond acceptors (Lipinski definition) is 5. The maximum absolute atomic E-state index is 12.3. The minimum Gasteiger partial charge on any atom is -0.379 e. The number of amides is 1. The third-order valence-corrected chi connectivity index (χ3v) is 6.80. The third kappa shape index (κ3) is 4.38. The van der Waals surface area contributed by atoms with E-state index in [-0.39, 0.29) is 25.4 Å². The number of β-amino-alcohol motifs (C(OH)–C–C–N with tert-alkyl or cyclic N) is 1. The summed E-state index contributed by atoms with van der Waals surface area (Å²) >= 11 is 0. The molecule has 138 valence electrons. The second-order valence-corrected chi connectivity index (χ2v) is 8.89. The van der Waals surface area contributed by atoms with Gasteiger partial charge in [0.15, 0.2) is 5.60 Å². The smallest absolute Gasteiger partial charge is 0.253 e. The molecule has 2 saturated heterocycles. The van der Waals surface area contributed by atoms with E-state index in [2.05, 4.69) is 10.2 Å². The van der Waals surface area contributed by atoms with Crippen LogP contribution in [0.2, 0.25) is 0 Å². The van der Waals surface area contributed by atoms with Crippen molar-refractivity contribution in [1.29, 1.82) is 0 Å². The lowest BCUT2D eigenvalue weighted by atomic mass is 10.0. The molecule has 0 aliphatic carbocycles. The van der Waals surface area contributed by atoms with Crippen LogP contribution in [0, 0.1) is 0 Å². The zero-order valence-corrected chi connectivity index (χ0v) is 15.0. The van der Waals surface area contributed by atoms with Crippen LogP contribution in [0.5, 0.6) is 0 Å². The summed E-state index contributed by atoms with van der Waals surface area (Å²) in [4.78, 5) is 14.4. The highest BCUT2D eigenvalue weighted by Crippen LogP contribution is 2.23. The number of carbonyl (C=O) groups is 1. The average Bonchev–Trinajstić information content (AvgIpc) is 3.12. The average molecular weight is 367 g/mol. The number of nitrogens with one attached hydrogen (secondary N) is 1. The van der Waals surface area contributed by atoms with Gasteiger partial charge in [-0.15, -0.1) is 0 Å². The number of nitrogens with zero attached hydrogens (tertiary/aromatic N) is 2. The van der Waals surface area contributed by atoms with Crippen molar-refractivity contribution in [3.8, 4) is 0 Å². The van der Waals surface area contributed by atoms with Crippen molar-refractivity contribution in [1.82, 2.24) is 14.5 Å². The molecule has 2 fully saturated rings. The van der Waals surface area contributed by atoms with Gasteiger partial charge in [-0.1, -0.05) is 30.3 Å².